The van der Waals surface area contributed by atoms with Crippen LogP contribution >= 0.6 is 0 Å². The van der Waals surface area contributed by atoms with Gasteiger partial charge in [-0.2, -0.15) is 0 Å². The van der Waals surface area contributed by atoms with Crippen molar-refractivity contribution in [2.45, 2.75) is 45.7 Å². The molecule has 2 nitrogen and oxygen atoms in total. The van der Waals surface area contributed by atoms with E-state index in [1.165, 1.54) is 13.0 Å². The molecule has 1 fully saturated rings. The van der Waals surface area contributed by atoms with E-state index in [9.17, 15) is 0 Å². The third-order valence-corrected chi connectivity index (χ3v) is 3.15. The average molecular weight is 184 g/mol. The van der Waals surface area contributed by atoms with Crippen molar-refractivity contribution in [3.05, 3.63) is 0 Å². The first kappa shape index (κ1) is 11.0. The molecule has 0 amide bonds. The van der Waals surface area contributed by atoms with Gasteiger partial charge in [0.15, 0.2) is 0 Å². The molecule has 1 saturated heterocycles. The minimum Gasteiger partial charge on any atom is -0.315 e. The molecular formula is C11H24N2. The van der Waals surface area contributed by atoms with Gasteiger partial charge in [-0.1, -0.05) is 6.92 Å². The highest BCUT2D eigenvalue weighted by molar-refractivity contribution is 4.85. The Kier molecular flexibility index (Phi) is 3.36. The van der Waals surface area contributed by atoms with E-state index in [1.807, 2.05) is 0 Å². The van der Waals surface area contributed by atoms with Crippen molar-refractivity contribution in [2.75, 3.05) is 20.1 Å². The standard InChI is InChI=1S/C11H24N2/c1-9-6-10(8-12-7-9)13(5)11(2,3)4/h9-10,12H,6-8H2,1-5H3. The van der Waals surface area contributed by atoms with Gasteiger partial charge in [-0.15, -0.1) is 0 Å². The monoisotopic (exact) mass is 184 g/mol. The lowest BCUT2D eigenvalue weighted by Crippen LogP contribution is -2.53. The number of piperidine rings is 1. The van der Waals surface area contributed by atoms with Crippen LogP contribution in [0.1, 0.15) is 34.1 Å². The molecule has 0 aromatic rings. The molecule has 0 spiro atoms. The fourth-order valence-electron chi connectivity index (χ4n) is 1.97. The van der Waals surface area contributed by atoms with Crippen molar-refractivity contribution in [2.24, 2.45) is 5.92 Å². The van der Waals surface area contributed by atoms with E-state index in [4.69, 9.17) is 0 Å². The number of hydrogen-bond acceptors (Lipinski definition) is 2. The van der Waals surface area contributed by atoms with Gasteiger partial charge in [0.2, 0.25) is 0 Å². The Balaban J connectivity index is 2.51. The Morgan fingerprint density at radius 1 is 1.23 bits per heavy atom. The zero-order valence-electron chi connectivity index (χ0n) is 9.72. The fraction of sp³-hybridized carbons (Fsp3) is 1.00. The van der Waals surface area contributed by atoms with Crippen molar-refractivity contribution < 1.29 is 0 Å². The van der Waals surface area contributed by atoms with Gasteiger partial charge in [-0.25, -0.2) is 0 Å². The molecule has 78 valence electrons. The van der Waals surface area contributed by atoms with Crippen LogP contribution in [0.15, 0.2) is 0 Å². The summed E-state index contributed by atoms with van der Waals surface area (Å²) in [5, 5.41) is 3.50. The maximum Gasteiger partial charge on any atom is 0.0225 e. The van der Waals surface area contributed by atoms with Crippen LogP contribution in [-0.4, -0.2) is 36.6 Å². The minimum absolute atomic E-state index is 0.295. The molecule has 1 aliphatic heterocycles. The van der Waals surface area contributed by atoms with E-state index < -0.39 is 0 Å². The molecule has 2 atom stereocenters. The van der Waals surface area contributed by atoms with Crippen LogP contribution in [0.5, 0.6) is 0 Å². The lowest BCUT2D eigenvalue weighted by atomic mass is 9.93. The predicted molar refractivity (Wildman–Crippen MR) is 58.0 cm³/mol. The first-order chi connectivity index (χ1) is 5.91. The first-order valence-corrected chi connectivity index (χ1v) is 5.35. The highest BCUT2D eigenvalue weighted by Gasteiger charge is 2.28. The number of hydrogen-bond donors (Lipinski definition) is 1. The number of nitrogens with one attached hydrogen (secondary N) is 1. The number of nitrogens with zero attached hydrogens (tertiary/aromatic N) is 1. The summed E-state index contributed by atoms with van der Waals surface area (Å²) in [4.78, 5) is 2.50. The molecule has 0 saturated carbocycles. The van der Waals surface area contributed by atoms with Crippen LogP contribution in [0.3, 0.4) is 0 Å². The fourth-order valence-corrected chi connectivity index (χ4v) is 1.97. The van der Waals surface area contributed by atoms with E-state index in [0.717, 1.165) is 12.5 Å². The third kappa shape index (κ3) is 2.96. The van der Waals surface area contributed by atoms with Crippen molar-refractivity contribution in [1.82, 2.24) is 10.2 Å². The van der Waals surface area contributed by atoms with Gasteiger partial charge in [0.25, 0.3) is 0 Å². The predicted octanol–water partition coefficient (Wildman–Crippen LogP) is 1.71. The molecule has 0 bridgehead atoms. The second-order valence-electron chi connectivity index (χ2n) is 5.43. The van der Waals surface area contributed by atoms with Crippen LogP contribution in [0, 0.1) is 5.92 Å². The van der Waals surface area contributed by atoms with Gasteiger partial charge in [0.05, 0.1) is 0 Å². The zero-order valence-corrected chi connectivity index (χ0v) is 9.72. The molecule has 0 radical (unpaired) electrons. The summed E-state index contributed by atoms with van der Waals surface area (Å²) in [5.41, 5.74) is 0.295. The summed E-state index contributed by atoms with van der Waals surface area (Å²) >= 11 is 0. The summed E-state index contributed by atoms with van der Waals surface area (Å²) in [6, 6.07) is 0.712. The number of rotatable bonds is 1. The minimum atomic E-state index is 0.295. The summed E-state index contributed by atoms with van der Waals surface area (Å²) in [7, 11) is 2.24. The first-order valence-electron chi connectivity index (χ1n) is 5.35. The molecule has 2 heteroatoms. The van der Waals surface area contributed by atoms with Gasteiger partial charge in [-0.3, -0.25) is 4.90 Å². The molecule has 13 heavy (non-hydrogen) atoms. The van der Waals surface area contributed by atoms with Crippen LogP contribution in [-0.2, 0) is 0 Å². The Morgan fingerprint density at radius 2 is 1.85 bits per heavy atom. The Morgan fingerprint density at radius 3 is 2.31 bits per heavy atom. The van der Waals surface area contributed by atoms with Gasteiger partial charge in [-0.05, 0) is 46.7 Å². The largest absolute Gasteiger partial charge is 0.315 e. The second kappa shape index (κ2) is 3.97. The topological polar surface area (TPSA) is 15.3 Å². The van der Waals surface area contributed by atoms with E-state index in [1.54, 1.807) is 0 Å². The van der Waals surface area contributed by atoms with Crippen molar-refractivity contribution in [3.8, 4) is 0 Å². The van der Waals surface area contributed by atoms with Crippen molar-refractivity contribution >= 4 is 0 Å². The van der Waals surface area contributed by atoms with Crippen LogP contribution in [0.2, 0.25) is 0 Å². The maximum atomic E-state index is 3.50. The van der Waals surface area contributed by atoms with Crippen molar-refractivity contribution in [1.29, 1.82) is 0 Å². The highest BCUT2D eigenvalue weighted by atomic mass is 15.2. The number of likely N-dealkylation sites (N-methyl/N-ethyl adjacent to an activating group) is 1. The summed E-state index contributed by atoms with van der Waals surface area (Å²) < 4.78 is 0. The lowest BCUT2D eigenvalue weighted by Gasteiger charge is -2.42. The molecule has 0 aliphatic carbocycles. The molecule has 1 heterocycles. The Labute approximate surface area is 82.7 Å². The van der Waals surface area contributed by atoms with E-state index in [-0.39, 0.29) is 0 Å². The smallest absolute Gasteiger partial charge is 0.0225 e. The SMILES string of the molecule is CC1CNCC(N(C)C(C)(C)C)C1. The molecule has 1 rings (SSSR count). The van der Waals surface area contributed by atoms with Crippen LogP contribution < -0.4 is 5.32 Å². The van der Waals surface area contributed by atoms with Crippen LogP contribution in [0.4, 0.5) is 0 Å². The quantitative estimate of drug-likeness (QED) is 0.667. The molecule has 2 unspecified atom stereocenters. The van der Waals surface area contributed by atoms with Crippen LogP contribution in [0.25, 0.3) is 0 Å². The van der Waals surface area contributed by atoms with E-state index in [2.05, 4.69) is 45.0 Å². The second-order valence-corrected chi connectivity index (χ2v) is 5.43. The normalized spacial score (nSPS) is 30.9. The average Bonchev–Trinajstić information content (AvgIpc) is 2.01. The molecule has 1 aliphatic rings. The van der Waals surface area contributed by atoms with Gasteiger partial charge in [0, 0.05) is 18.1 Å². The molecule has 1 N–H and O–H groups in total. The van der Waals surface area contributed by atoms with E-state index in [0.29, 0.717) is 11.6 Å². The molecular weight excluding hydrogens is 160 g/mol. The summed E-state index contributed by atoms with van der Waals surface area (Å²) in [5.74, 6) is 0.823. The zero-order chi connectivity index (χ0) is 10.1. The van der Waals surface area contributed by atoms with Gasteiger partial charge >= 0.3 is 0 Å². The van der Waals surface area contributed by atoms with E-state index >= 15 is 0 Å². The molecule has 0 aromatic heterocycles. The molecule has 0 aromatic carbocycles. The summed E-state index contributed by atoms with van der Waals surface area (Å²) in [6.07, 6.45) is 1.33. The Bertz CT molecular complexity index is 160. The summed E-state index contributed by atoms with van der Waals surface area (Å²) in [6.45, 7) is 11.5. The van der Waals surface area contributed by atoms with Crippen molar-refractivity contribution in [3.63, 3.8) is 0 Å². The third-order valence-electron chi connectivity index (χ3n) is 3.15. The maximum absolute atomic E-state index is 3.50. The van der Waals surface area contributed by atoms with Gasteiger partial charge in [0.1, 0.15) is 0 Å². The van der Waals surface area contributed by atoms with Gasteiger partial charge < -0.3 is 5.32 Å². The lowest BCUT2D eigenvalue weighted by molar-refractivity contribution is 0.0859. The highest BCUT2D eigenvalue weighted by Crippen LogP contribution is 2.21. The Hall–Kier alpha value is -0.0800.